The van der Waals surface area contributed by atoms with Gasteiger partial charge in [0.2, 0.25) is 29.5 Å². The third-order valence-corrected chi connectivity index (χ3v) is 10.7. The van der Waals surface area contributed by atoms with Crippen LogP contribution in [0, 0.1) is 0 Å². The molecule has 0 aromatic heterocycles. The Hall–Kier alpha value is -3.27. The van der Waals surface area contributed by atoms with Gasteiger partial charge in [-0.1, -0.05) is 60.7 Å². The molecule has 0 amide bonds. The van der Waals surface area contributed by atoms with Gasteiger partial charge >= 0.3 is 0 Å². The molecule has 6 nitrogen and oxygen atoms in total. The lowest BCUT2D eigenvalue weighted by Crippen LogP contribution is -2.16. The predicted octanol–water partition coefficient (Wildman–Crippen LogP) is 4.19. The Balaban J connectivity index is 2.12. The maximum atomic E-state index is 13.7. The molecule has 4 aromatic carbocycles. The summed E-state index contributed by atoms with van der Waals surface area (Å²) >= 11 is 0. The van der Waals surface area contributed by atoms with Crippen LogP contribution in [0.25, 0.3) is 0 Å². The van der Waals surface area contributed by atoms with Gasteiger partial charge in [0.05, 0.1) is 24.5 Å². The summed E-state index contributed by atoms with van der Waals surface area (Å²) in [7, 11) is -13.3. The predicted molar refractivity (Wildman–Crippen MR) is 122 cm³/mol. The standard InChI is InChI=1S/C24H18O6S3/c25-31(26,19-11-4-1-5-12-19)22-17-10-18-23(32(27,28)20-13-6-2-7-14-20)24(22)33(29,30)21-15-8-3-9-16-21/h1-18H. The highest BCUT2D eigenvalue weighted by molar-refractivity contribution is 7.96. The van der Waals surface area contributed by atoms with Crippen LogP contribution in [0.15, 0.2) is 139 Å². The third-order valence-electron chi connectivity index (χ3n) is 4.95. The van der Waals surface area contributed by atoms with E-state index in [0.717, 1.165) is 12.1 Å². The number of rotatable bonds is 6. The summed E-state index contributed by atoms with van der Waals surface area (Å²) in [6.45, 7) is 0. The van der Waals surface area contributed by atoms with Crippen molar-refractivity contribution in [3.8, 4) is 0 Å². The lowest BCUT2D eigenvalue weighted by Gasteiger charge is -2.16. The maximum absolute atomic E-state index is 13.7. The average Bonchev–Trinajstić information content (AvgIpc) is 2.85. The van der Waals surface area contributed by atoms with E-state index in [9.17, 15) is 25.3 Å². The smallest absolute Gasteiger partial charge is 0.209 e. The molecule has 0 heterocycles. The first-order valence-corrected chi connectivity index (χ1v) is 14.2. The van der Waals surface area contributed by atoms with Crippen molar-refractivity contribution in [2.75, 3.05) is 0 Å². The summed E-state index contributed by atoms with van der Waals surface area (Å²) in [4.78, 5) is -2.49. The van der Waals surface area contributed by atoms with Gasteiger partial charge in [-0.15, -0.1) is 0 Å². The van der Waals surface area contributed by atoms with E-state index in [2.05, 4.69) is 0 Å². The van der Waals surface area contributed by atoms with Crippen molar-refractivity contribution < 1.29 is 25.3 Å². The van der Waals surface area contributed by atoms with Crippen molar-refractivity contribution in [3.63, 3.8) is 0 Å². The molecule has 0 N–H and O–H groups in total. The molecule has 0 atom stereocenters. The van der Waals surface area contributed by atoms with Gasteiger partial charge in [-0.05, 0) is 48.5 Å². The Kier molecular flexibility index (Phi) is 5.96. The van der Waals surface area contributed by atoms with Crippen LogP contribution in [0.5, 0.6) is 0 Å². The van der Waals surface area contributed by atoms with Gasteiger partial charge in [0.25, 0.3) is 0 Å². The van der Waals surface area contributed by atoms with Crippen LogP contribution in [0.1, 0.15) is 0 Å². The van der Waals surface area contributed by atoms with Crippen LogP contribution in [-0.2, 0) is 29.5 Å². The fourth-order valence-corrected chi connectivity index (χ4v) is 8.91. The van der Waals surface area contributed by atoms with Crippen LogP contribution in [0.3, 0.4) is 0 Å². The second-order valence-electron chi connectivity index (χ2n) is 7.03. The van der Waals surface area contributed by atoms with E-state index in [1.54, 1.807) is 18.2 Å². The van der Waals surface area contributed by atoms with Gasteiger partial charge in [-0.2, -0.15) is 0 Å². The number of sulfone groups is 3. The van der Waals surface area contributed by atoms with Crippen LogP contribution >= 0.6 is 0 Å². The molecule has 0 aliphatic carbocycles. The molecule has 168 valence electrons. The first-order chi connectivity index (χ1) is 15.7. The van der Waals surface area contributed by atoms with E-state index in [0.29, 0.717) is 0 Å². The van der Waals surface area contributed by atoms with E-state index >= 15 is 0 Å². The molecule has 0 fully saturated rings. The first-order valence-electron chi connectivity index (χ1n) is 9.70. The highest BCUT2D eigenvalue weighted by Crippen LogP contribution is 2.37. The van der Waals surface area contributed by atoms with Crippen LogP contribution in [0.2, 0.25) is 0 Å². The van der Waals surface area contributed by atoms with Gasteiger partial charge in [0, 0.05) is 0 Å². The summed E-state index contributed by atoms with van der Waals surface area (Å²) in [5.41, 5.74) is 0. The molecule has 0 spiro atoms. The van der Waals surface area contributed by atoms with Crippen LogP contribution < -0.4 is 0 Å². The van der Waals surface area contributed by atoms with E-state index in [1.165, 1.54) is 78.9 Å². The summed E-state index contributed by atoms with van der Waals surface area (Å²) in [6.07, 6.45) is 0. The van der Waals surface area contributed by atoms with E-state index < -0.39 is 44.2 Å². The number of hydrogen-bond donors (Lipinski definition) is 0. The molecule has 4 rings (SSSR count). The molecule has 4 aromatic rings. The minimum Gasteiger partial charge on any atom is -0.218 e. The minimum atomic E-state index is -4.54. The van der Waals surface area contributed by atoms with E-state index in [-0.39, 0.29) is 14.7 Å². The molecule has 33 heavy (non-hydrogen) atoms. The summed E-state index contributed by atoms with van der Waals surface area (Å²) < 4.78 is 81.4. The molecule has 0 aliphatic heterocycles. The molecule has 0 aliphatic rings. The summed E-state index contributed by atoms with van der Waals surface area (Å²) in [5, 5.41) is 0. The van der Waals surface area contributed by atoms with Crippen molar-refractivity contribution in [3.05, 3.63) is 109 Å². The normalized spacial score (nSPS) is 12.4. The fourth-order valence-electron chi connectivity index (χ4n) is 3.35. The second-order valence-corrected chi connectivity index (χ2v) is 12.8. The lowest BCUT2D eigenvalue weighted by atomic mass is 10.3. The van der Waals surface area contributed by atoms with Crippen molar-refractivity contribution >= 4 is 29.5 Å². The number of benzene rings is 4. The van der Waals surface area contributed by atoms with Crippen molar-refractivity contribution in [1.29, 1.82) is 0 Å². The lowest BCUT2D eigenvalue weighted by molar-refractivity contribution is 0.573. The molecule has 0 unspecified atom stereocenters. The van der Waals surface area contributed by atoms with Crippen molar-refractivity contribution in [2.45, 2.75) is 29.4 Å². The summed E-state index contributed by atoms with van der Waals surface area (Å²) in [6, 6.07) is 25.2. The van der Waals surface area contributed by atoms with Crippen molar-refractivity contribution in [2.24, 2.45) is 0 Å². The van der Waals surface area contributed by atoms with Crippen LogP contribution in [0.4, 0.5) is 0 Å². The average molecular weight is 499 g/mol. The maximum Gasteiger partial charge on any atom is 0.209 e. The topological polar surface area (TPSA) is 102 Å². The first kappa shape index (κ1) is 22.9. The Labute approximate surface area is 192 Å². The molecule has 0 saturated heterocycles. The number of hydrogen-bond acceptors (Lipinski definition) is 6. The minimum absolute atomic E-state index is 0.149. The van der Waals surface area contributed by atoms with Crippen LogP contribution in [-0.4, -0.2) is 25.3 Å². The molecule has 0 bridgehead atoms. The Morgan fingerprint density at radius 2 is 0.636 bits per heavy atom. The zero-order valence-corrected chi connectivity index (χ0v) is 19.5. The zero-order chi connectivity index (χ0) is 23.7. The monoisotopic (exact) mass is 498 g/mol. The zero-order valence-electron chi connectivity index (χ0n) is 17.1. The molecule has 0 saturated carbocycles. The largest absolute Gasteiger partial charge is 0.218 e. The summed E-state index contributed by atoms with van der Waals surface area (Å²) in [5.74, 6) is 0. The van der Waals surface area contributed by atoms with Gasteiger partial charge in [0.1, 0.15) is 4.90 Å². The second kappa shape index (κ2) is 8.58. The Morgan fingerprint density at radius 1 is 0.333 bits per heavy atom. The molecular formula is C24H18O6S3. The van der Waals surface area contributed by atoms with Gasteiger partial charge < -0.3 is 0 Å². The SMILES string of the molecule is O=S(=O)(c1ccccc1)c1cccc(S(=O)(=O)c2ccccc2)c1S(=O)(=O)c1ccccc1. The van der Waals surface area contributed by atoms with Gasteiger partial charge in [0.15, 0.2) is 0 Å². The van der Waals surface area contributed by atoms with Gasteiger partial charge in [-0.3, -0.25) is 0 Å². The fraction of sp³-hybridized carbons (Fsp3) is 0. The van der Waals surface area contributed by atoms with Gasteiger partial charge in [-0.25, -0.2) is 25.3 Å². The molecular weight excluding hydrogens is 480 g/mol. The third kappa shape index (κ3) is 4.10. The van der Waals surface area contributed by atoms with E-state index in [4.69, 9.17) is 0 Å². The highest BCUT2D eigenvalue weighted by Gasteiger charge is 2.36. The molecule has 9 heteroatoms. The molecule has 0 radical (unpaired) electrons. The Bertz CT molecular complexity index is 1520. The van der Waals surface area contributed by atoms with Crippen molar-refractivity contribution in [1.82, 2.24) is 0 Å². The Morgan fingerprint density at radius 3 is 0.970 bits per heavy atom. The van der Waals surface area contributed by atoms with E-state index in [1.807, 2.05) is 0 Å². The highest BCUT2D eigenvalue weighted by atomic mass is 32.2. The quantitative estimate of drug-likeness (QED) is 0.395.